The molecule has 0 fully saturated rings. The summed E-state index contributed by atoms with van der Waals surface area (Å²) in [5.74, 6) is -2.10. The van der Waals surface area contributed by atoms with E-state index in [4.69, 9.17) is 11.6 Å². The molecule has 0 aliphatic carbocycles. The number of imide groups is 1. The molecule has 2 aromatic carbocycles. The Morgan fingerprint density at radius 1 is 1.00 bits per heavy atom. The lowest BCUT2D eigenvalue weighted by molar-refractivity contribution is -0.576. The lowest BCUT2D eigenvalue weighted by Crippen LogP contribution is -2.39. The summed E-state index contributed by atoms with van der Waals surface area (Å²) in [5.41, 5.74) is 1.59. The molecule has 2 amide bonds. The minimum Gasteiger partial charge on any atom is -0.858 e. The highest BCUT2D eigenvalue weighted by atomic mass is 35.5. The van der Waals surface area contributed by atoms with Gasteiger partial charge in [-0.25, -0.2) is 9.07 Å². The zero-order valence-corrected chi connectivity index (χ0v) is 20.7. The fourth-order valence-corrected chi connectivity index (χ4v) is 4.57. The van der Waals surface area contributed by atoms with Crippen LogP contribution in [-0.2, 0) is 22.6 Å². The second kappa shape index (κ2) is 9.99. The van der Waals surface area contributed by atoms with E-state index < -0.39 is 23.5 Å². The number of nitrogens with zero attached hydrogens (tertiary/aromatic N) is 4. The van der Waals surface area contributed by atoms with Gasteiger partial charge in [-0.15, -0.1) is 0 Å². The molecule has 0 saturated carbocycles. The highest BCUT2D eigenvalue weighted by Gasteiger charge is 2.46. The molecule has 0 saturated heterocycles. The average molecular weight is 517 g/mol. The van der Waals surface area contributed by atoms with Crippen LogP contribution in [0.1, 0.15) is 30.2 Å². The van der Waals surface area contributed by atoms with Crippen LogP contribution in [0.4, 0.5) is 4.39 Å². The molecule has 2 aromatic heterocycles. The van der Waals surface area contributed by atoms with Gasteiger partial charge in [-0.3, -0.25) is 14.5 Å². The van der Waals surface area contributed by atoms with Crippen LogP contribution in [0.3, 0.4) is 0 Å². The van der Waals surface area contributed by atoms with Crippen LogP contribution in [0, 0.1) is 5.82 Å². The number of hydrogen-bond acceptors (Lipinski definition) is 4. The van der Waals surface area contributed by atoms with Crippen molar-refractivity contribution in [2.75, 3.05) is 0 Å². The zero-order chi connectivity index (χ0) is 26.1. The molecule has 0 unspecified atom stereocenters. The Balaban J connectivity index is 1.70. The fraction of sp³-hybridized carbons (Fsp3) is 0.143. The van der Waals surface area contributed by atoms with Gasteiger partial charge in [-0.2, -0.15) is 9.67 Å². The van der Waals surface area contributed by atoms with E-state index in [1.165, 1.54) is 33.5 Å². The summed E-state index contributed by atoms with van der Waals surface area (Å²) in [6, 6.07) is 17.5. The highest BCUT2D eigenvalue weighted by molar-refractivity contribution is 6.44. The van der Waals surface area contributed by atoms with Crippen LogP contribution in [0.5, 0.6) is 5.88 Å². The molecule has 0 bridgehead atoms. The molecular weight excluding hydrogens is 495 g/mol. The number of aromatic nitrogens is 3. The number of aryl methyl sites for hydroxylation is 1. The lowest BCUT2D eigenvalue weighted by atomic mass is 10.0. The molecule has 3 heterocycles. The Kier molecular flexibility index (Phi) is 6.58. The molecule has 0 atom stereocenters. The van der Waals surface area contributed by atoms with Crippen molar-refractivity contribution < 1.29 is 23.7 Å². The van der Waals surface area contributed by atoms with Gasteiger partial charge in [0.05, 0.1) is 17.9 Å². The Labute approximate surface area is 217 Å². The predicted octanol–water partition coefficient (Wildman–Crippen LogP) is 3.92. The number of hydrogen-bond donors (Lipinski definition) is 0. The van der Waals surface area contributed by atoms with Crippen molar-refractivity contribution in [3.63, 3.8) is 0 Å². The van der Waals surface area contributed by atoms with Crippen LogP contribution in [0.25, 0.3) is 17.0 Å². The number of rotatable bonds is 7. The predicted molar refractivity (Wildman–Crippen MR) is 134 cm³/mol. The van der Waals surface area contributed by atoms with Crippen LogP contribution >= 0.6 is 11.6 Å². The summed E-state index contributed by atoms with van der Waals surface area (Å²) in [4.78, 5) is 28.6. The highest BCUT2D eigenvalue weighted by Crippen LogP contribution is 2.38. The molecule has 1 aliphatic rings. The van der Waals surface area contributed by atoms with Gasteiger partial charge in [0.15, 0.2) is 12.4 Å². The summed E-state index contributed by atoms with van der Waals surface area (Å²) in [5, 5.41) is 18.8. The molecule has 186 valence electrons. The number of carbonyl (C=O) groups excluding carboxylic acids is 2. The van der Waals surface area contributed by atoms with Gasteiger partial charge in [0.2, 0.25) is 0 Å². The molecule has 37 heavy (non-hydrogen) atoms. The van der Waals surface area contributed by atoms with Crippen molar-refractivity contribution in [2.24, 2.45) is 0 Å². The largest absolute Gasteiger partial charge is 0.858 e. The van der Waals surface area contributed by atoms with E-state index in [0.29, 0.717) is 34.8 Å². The minimum absolute atomic E-state index is 0.00922. The summed E-state index contributed by atoms with van der Waals surface area (Å²) in [6.45, 7) is 1.87. The van der Waals surface area contributed by atoms with Crippen LogP contribution in [-0.4, -0.2) is 26.5 Å². The molecule has 5 rings (SSSR count). The SMILES string of the molecule is CCCc1nn(-c2cccc(Cl)c2)c([O-])c1C1=C([n+]2ccccc2)C(=O)N(Cc2ccc(F)cc2)C1=O. The number of carbonyl (C=O) groups is 2. The summed E-state index contributed by atoms with van der Waals surface area (Å²) in [6.07, 6.45) is 4.38. The first-order valence-electron chi connectivity index (χ1n) is 11.8. The molecule has 0 radical (unpaired) electrons. The number of benzene rings is 2. The fourth-order valence-electron chi connectivity index (χ4n) is 4.38. The van der Waals surface area contributed by atoms with E-state index in [1.54, 1.807) is 54.9 Å². The molecule has 1 aliphatic heterocycles. The van der Waals surface area contributed by atoms with E-state index in [1.807, 2.05) is 6.92 Å². The second-order valence-corrected chi connectivity index (χ2v) is 9.03. The van der Waals surface area contributed by atoms with Gasteiger partial charge in [0, 0.05) is 22.7 Å². The Morgan fingerprint density at radius 2 is 1.73 bits per heavy atom. The van der Waals surface area contributed by atoms with Gasteiger partial charge in [-0.05, 0) is 48.2 Å². The third kappa shape index (κ3) is 4.51. The first-order chi connectivity index (χ1) is 17.9. The van der Waals surface area contributed by atoms with Crippen molar-refractivity contribution in [1.82, 2.24) is 14.7 Å². The second-order valence-electron chi connectivity index (χ2n) is 8.60. The molecular formula is C28H22ClFN4O3. The van der Waals surface area contributed by atoms with Crippen LogP contribution < -0.4 is 9.67 Å². The number of amides is 2. The van der Waals surface area contributed by atoms with E-state index >= 15 is 0 Å². The monoisotopic (exact) mass is 516 g/mol. The number of pyridine rings is 1. The van der Waals surface area contributed by atoms with Gasteiger partial charge in [0.1, 0.15) is 11.4 Å². The van der Waals surface area contributed by atoms with Gasteiger partial charge in [-0.1, -0.05) is 49.2 Å². The quantitative estimate of drug-likeness (QED) is 0.275. The third-order valence-electron chi connectivity index (χ3n) is 6.08. The molecule has 0 spiro atoms. The average Bonchev–Trinajstić information content (AvgIpc) is 3.33. The van der Waals surface area contributed by atoms with Crippen LogP contribution in [0.15, 0.2) is 79.1 Å². The van der Waals surface area contributed by atoms with Crippen molar-refractivity contribution in [1.29, 1.82) is 0 Å². The van der Waals surface area contributed by atoms with Crippen molar-refractivity contribution in [3.05, 3.63) is 107 Å². The maximum Gasteiger partial charge on any atom is 0.327 e. The van der Waals surface area contributed by atoms with Gasteiger partial charge in [0.25, 0.3) is 11.6 Å². The summed E-state index contributed by atoms with van der Waals surface area (Å²) in [7, 11) is 0. The van der Waals surface area contributed by atoms with E-state index in [9.17, 15) is 19.1 Å². The Bertz CT molecular complexity index is 1530. The maximum absolute atomic E-state index is 13.8. The summed E-state index contributed by atoms with van der Waals surface area (Å²) < 4.78 is 16.2. The zero-order valence-electron chi connectivity index (χ0n) is 19.9. The Hall–Kier alpha value is -4.30. The topological polar surface area (TPSA) is 82.1 Å². The van der Waals surface area contributed by atoms with Crippen molar-refractivity contribution in [2.45, 2.75) is 26.3 Å². The van der Waals surface area contributed by atoms with E-state index in [2.05, 4.69) is 5.10 Å². The lowest BCUT2D eigenvalue weighted by Gasteiger charge is -2.16. The standard InChI is InChI=1S/C28H22ClFN4O3/c1-2-7-22-23(27(36)34(31-22)21-9-6-8-19(29)16-21)24-25(32-14-4-3-5-15-32)28(37)33(26(24)35)17-18-10-12-20(30)13-11-18/h3-6,8-16H,2,7,17H2,1H3. The first kappa shape index (κ1) is 24.4. The van der Waals surface area contributed by atoms with Crippen molar-refractivity contribution in [3.8, 4) is 11.6 Å². The minimum atomic E-state index is -0.610. The molecule has 7 nitrogen and oxygen atoms in total. The normalized spacial score (nSPS) is 13.6. The number of halogens is 2. The van der Waals surface area contributed by atoms with Gasteiger partial charge >= 0.3 is 5.91 Å². The maximum atomic E-state index is 13.8. The molecule has 4 aromatic rings. The van der Waals surface area contributed by atoms with Crippen molar-refractivity contribution >= 4 is 34.7 Å². The van der Waals surface area contributed by atoms with Crippen LogP contribution in [0.2, 0.25) is 5.02 Å². The van der Waals surface area contributed by atoms with Gasteiger partial charge < -0.3 is 5.11 Å². The molecule has 9 heteroatoms. The smallest absolute Gasteiger partial charge is 0.327 e. The van der Waals surface area contributed by atoms with E-state index in [-0.39, 0.29) is 23.4 Å². The first-order valence-corrected chi connectivity index (χ1v) is 12.1. The molecule has 0 N–H and O–H groups in total. The Morgan fingerprint density at radius 3 is 2.41 bits per heavy atom. The summed E-state index contributed by atoms with van der Waals surface area (Å²) >= 11 is 6.15. The third-order valence-corrected chi connectivity index (χ3v) is 6.31. The van der Waals surface area contributed by atoms with E-state index in [0.717, 1.165) is 4.90 Å².